The van der Waals surface area contributed by atoms with E-state index in [4.69, 9.17) is 4.74 Å². The van der Waals surface area contributed by atoms with Crippen molar-refractivity contribution in [2.75, 3.05) is 30.1 Å². The van der Waals surface area contributed by atoms with Crippen LogP contribution in [-0.2, 0) is 4.74 Å². The average molecular weight is 178 g/mol. The second kappa shape index (κ2) is 5.33. The van der Waals surface area contributed by atoms with Crippen molar-refractivity contribution in [3.05, 3.63) is 0 Å². The minimum atomic E-state index is 0.610. The Morgan fingerprint density at radius 2 is 2.30 bits per heavy atom. The number of thioether (sulfide) groups is 2. The van der Waals surface area contributed by atoms with Crippen LogP contribution in [0.2, 0.25) is 0 Å². The standard InChI is InChI=1S/C7H14OS2/c1-9-3-2-4-10-6-7-5-8-7/h7H,2-6H2,1H3/t7-/m0/s1. The molecule has 0 radical (unpaired) electrons. The van der Waals surface area contributed by atoms with Crippen LogP contribution >= 0.6 is 23.5 Å². The van der Waals surface area contributed by atoms with E-state index in [2.05, 4.69) is 6.26 Å². The molecule has 1 aliphatic rings. The van der Waals surface area contributed by atoms with Gasteiger partial charge in [0, 0.05) is 5.75 Å². The van der Waals surface area contributed by atoms with Crippen LogP contribution in [0.5, 0.6) is 0 Å². The zero-order chi connectivity index (χ0) is 7.23. The summed E-state index contributed by atoms with van der Waals surface area (Å²) >= 11 is 3.96. The van der Waals surface area contributed by atoms with Crippen LogP contribution in [-0.4, -0.2) is 36.2 Å². The van der Waals surface area contributed by atoms with Gasteiger partial charge < -0.3 is 4.74 Å². The van der Waals surface area contributed by atoms with Crippen molar-refractivity contribution in [2.45, 2.75) is 12.5 Å². The molecule has 0 aromatic heterocycles. The van der Waals surface area contributed by atoms with Crippen LogP contribution in [0.4, 0.5) is 0 Å². The zero-order valence-corrected chi connectivity index (χ0v) is 7.97. The van der Waals surface area contributed by atoms with E-state index in [0.717, 1.165) is 6.61 Å². The molecule has 0 aromatic rings. The van der Waals surface area contributed by atoms with E-state index in [0.29, 0.717) is 6.10 Å². The maximum Gasteiger partial charge on any atom is 0.0900 e. The molecular weight excluding hydrogens is 164 g/mol. The first-order valence-electron chi connectivity index (χ1n) is 3.62. The van der Waals surface area contributed by atoms with Gasteiger partial charge in [-0.05, 0) is 24.2 Å². The molecule has 0 aliphatic carbocycles. The van der Waals surface area contributed by atoms with E-state index < -0.39 is 0 Å². The first-order chi connectivity index (χ1) is 4.93. The molecule has 1 heterocycles. The minimum Gasteiger partial charge on any atom is -0.372 e. The summed E-state index contributed by atoms with van der Waals surface area (Å²) in [4.78, 5) is 0. The highest BCUT2D eigenvalue weighted by Crippen LogP contribution is 2.16. The number of epoxide rings is 1. The van der Waals surface area contributed by atoms with Gasteiger partial charge in [0.25, 0.3) is 0 Å². The Kier molecular flexibility index (Phi) is 4.66. The van der Waals surface area contributed by atoms with E-state index >= 15 is 0 Å². The molecule has 1 saturated heterocycles. The van der Waals surface area contributed by atoms with Crippen LogP contribution in [0.25, 0.3) is 0 Å². The predicted molar refractivity (Wildman–Crippen MR) is 50.1 cm³/mol. The average Bonchev–Trinajstić information content (AvgIpc) is 2.71. The van der Waals surface area contributed by atoms with Gasteiger partial charge in [0.1, 0.15) is 0 Å². The lowest BCUT2D eigenvalue weighted by molar-refractivity contribution is 0.426. The molecule has 0 amide bonds. The first-order valence-corrected chi connectivity index (χ1v) is 6.16. The van der Waals surface area contributed by atoms with Crippen molar-refractivity contribution in [2.24, 2.45) is 0 Å². The third kappa shape index (κ3) is 4.47. The van der Waals surface area contributed by atoms with E-state index in [1.54, 1.807) is 0 Å². The summed E-state index contributed by atoms with van der Waals surface area (Å²) < 4.78 is 5.09. The Morgan fingerprint density at radius 1 is 1.50 bits per heavy atom. The lowest BCUT2D eigenvalue weighted by Gasteiger charge is -1.96. The largest absolute Gasteiger partial charge is 0.372 e. The molecule has 1 fully saturated rings. The second-order valence-electron chi connectivity index (χ2n) is 2.38. The molecule has 1 nitrogen and oxygen atoms in total. The van der Waals surface area contributed by atoms with E-state index in [1.165, 1.54) is 23.7 Å². The molecule has 1 aliphatic heterocycles. The molecule has 1 atom stereocenters. The van der Waals surface area contributed by atoms with E-state index in [-0.39, 0.29) is 0 Å². The highest BCUT2D eigenvalue weighted by Gasteiger charge is 2.21. The fraction of sp³-hybridized carbons (Fsp3) is 1.00. The van der Waals surface area contributed by atoms with Crippen LogP contribution < -0.4 is 0 Å². The van der Waals surface area contributed by atoms with E-state index in [9.17, 15) is 0 Å². The van der Waals surface area contributed by atoms with Crippen LogP contribution in [0.15, 0.2) is 0 Å². The molecule has 3 heteroatoms. The molecule has 0 unspecified atom stereocenters. The summed E-state index contributed by atoms with van der Waals surface area (Å²) in [5.41, 5.74) is 0. The van der Waals surface area contributed by atoms with Crippen molar-refractivity contribution in [1.82, 2.24) is 0 Å². The molecule has 10 heavy (non-hydrogen) atoms. The lowest BCUT2D eigenvalue weighted by atomic mass is 10.6. The zero-order valence-electron chi connectivity index (χ0n) is 6.34. The third-order valence-electron chi connectivity index (χ3n) is 1.34. The topological polar surface area (TPSA) is 12.5 Å². The summed E-state index contributed by atoms with van der Waals surface area (Å²) in [7, 11) is 0. The summed E-state index contributed by atoms with van der Waals surface area (Å²) in [5, 5.41) is 0. The fourth-order valence-electron chi connectivity index (χ4n) is 0.684. The number of rotatable bonds is 6. The van der Waals surface area contributed by atoms with Crippen LogP contribution in [0, 0.1) is 0 Å². The van der Waals surface area contributed by atoms with Gasteiger partial charge in [0.2, 0.25) is 0 Å². The Hall–Kier alpha value is 0.660. The summed E-state index contributed by atoms with van der Waals surface area (Å²) in [6.45, 7) is 1.01. The van der Waals surface area contributed by atoms with Crippen LogP contribution in [0.3, 0.4) is 0 Å². The van der Waals surface area contributed by atoms with E-state index in [1.807, 2.05) is 23.5 Å². The maximum atomic E-state index is 5.09. The van der Waals surface area contributed by atoms with Gasteiger partial charge in [0.15, 0.2) is 0 Å². The van der Waals surface area contributed by atoms with Crippen molar-refractivity contribution in [1.29, 1.82) is 0 Å². The molecule has 1 rings (SSSR count). The Balaban J connectivity index is 1.68. The molecule has 60 valence electrons. The summed E-state index contributed by atoms with van der Waals surface area (Å²) in [6, 6.07) is 0. The fourth-order valence-corrected chi connectivity index (χ4v) is 2.27. The lowest BCUT2D eigenvalue weighted by Crippen LogP contribution is -1.91. The van der Waals surface area contributed by atoms with Gasteiger partial charge in [-0.2, -0.15) is 23.5 Å². The number of ether oxygens (including phenoxy) is 1. The quantitative estimate of drug-likeness (QED) is 0.455. The molecule has 0 aromatic carbocycles. The highest BCUT2D eigenvalue weighted by molar-refractivity contribution is 7.99. The van der Waals surface area contributed by atoms with Gasteiger partial charge in [-0.3, -0.25) is 0 Å². The normalized spacial score (nSPS) is 23.1. The van der Waals surface area contributed by atoms with Crippen molar-refractivity contribution < 1.29 is 4.74 Å². The second-order valence-corrected chi connectivity index (χ2v) is 4.51. The number of hydrogen-bond acceptors (Lipinski definition) is 3. The smallest absolute Gasteiger partial charge is 0.0900 e. The van der Waals surface area contributed by atoms with Crippen LogP contribution in [0.1, 0.15) is 6.42 Å². The Morgan fingerprint density at radius 3 is 2.90 bits per heavy atom. The molecule has 0 spiro atoms. The molecule has 0 saturated carbocycles. The molecule has 0 bridgehead atoms. The minimum absolute atomic E-state index is 0.610. The van der Waals surface area contributed by atoms with Gasteiger partial charge in [-0.1, -0.05) is 0 Å². The van der Waals surface area contributed by atoms with Gasteiger partial charge in [-0.25, -0.2) is 0 Å². The van der Waals surface area contributed by atoms with Gasteiger partial charge in [0.05, 0.1) is 12.7 Å². The first kappa shape index (κ1) is 8.75. The monoisotopic (exact) mass is 178 g/mol. The van der Waals surface area contributed by atoms with Gasteiger partial charge in [-0.15, -0.1) is 0 Å². The maximum absolute atomic E-state index is 5.09. The molecule has 0 N–H and O–H groups in total. The molecular formula is C7H14OS2. The van der Waals surface area contributed by atoms with Gasteiger partial charge >= 0.3 is 0 Å². The number of hydrogen-bond donors (Lipinski definition) is 0. The predicted octanol–water partition coefficient (Wildman–Crippen LogP) is 1.87. The SMILES string of the molecule is CSCCCSC[C@@H]1CO1. The third-order valence-corrected chi connectivity index (χ3v) is 3.23. The summed E-state index contributed by atoms with van der Waals surface area (Å²) in [6.07, 6.45) is 4.12. The Bertz CT molecular complexity index is 83.7. The Labute approximate surface area is 71.3 Å². The highest BCUT2D eigenvalue weighted by atomic mass is 32.2. The van der Waals surface area contributed by atoms with Crippen molar-refractivity contribution >= 4 is 23.5 Å². The van der Waals surface area contributed by atoms with Crippen molar-refractivity contribution in [3.8, 4) is 0 Å². The summed E-state index contributed by atoms with van der Waals surface area (Å²) in [5.74, 6) is 3.83. The van der Waals surface area contributed by atoms with Crippen molar-refractivity contribution in [3.63, 3.8) is 0 Å².